The third-order valence-electron chi connectivity index (χ3n) is 6.69. The van der Waals surface area contributed by atoms with Crippen molar-refractivity contribution in [3.05, 3.63) is 45.7 Å². The van der Waals surface area contributed by atoms with Gasteiger partial charge in [0.15, 0.2) is 12.0 Å². The predicted molar refractivity (Wildman–Crippen MR) is 127 cm³/mol. The molecule has 1 aliphatic carbocycles. The molecule has 5 atom stereocenters. The zero-order valence-electron chi connectivity index (χ0n) is 19.6. The number of nitrogens with zero attached hydrogens (tertiary/aromatic N) is 2. The molecule has 0 saturated carbocycles. The van der Waals surface area contributed by atoms with Gasteiger partial charge in [-0.05, 0) is 29.5 Å². The van der Waals surface area contributed by atoms with E-state index < -0.39 is 42.7 Å². The van der Waals surface area contributed by atoms with Crippen LogP contribution >= 0.6 is 12.2 Å². The number of aliphatic hydroxyl groups is 4. The highest BCUT2D eigenvalue weighted by atomic mass is 32.1. The van der Waals surface area contributed by atoms with Gasteiger partial charge >= 0.3 is 0 Å². The van der Waals surface area contributed by atoms with Crippen LogP contribution in [0.4, 0.5) is 0 Å². The molecule has 2 aromatic rings. The molecule has 1 aromatic carbocycles. The highest BCUT2D eigenvalue weighted by molar-refractivity contribution is 7.71. The van der Waals surface area contributed by atoms with E-state index in [1.165, 1.54) is 11.7 Å². The predicted octanol–water partition coefficient (Wildman–Crippen LogP) is 1.89. The molecule has 1 fully saturated rings. The van der Waals surface area contributed by atoms with Gasteiger partial charge in [-0.2, -0.15) is 5.26 Å². The fourth-order valence-corrected chi connectivity index (χ4v) is 5.33. The summed E-state index contributed by atoms with van der Waals surface area (Å²) in [5.41, 5.74) is 1.37. The van der Waals surface area contributed by atoms with E-state index in [0.29, 0.717) is 34.6 Å². The maximum atomic E-state index is 13.5. The Kier molecular flexibility index (Phi) is 6.85. The zero-order valence-corrected chi connectivity index (χ0v) is 20.5. The molecule has 186 valence electrons. The number of ether oxygens (including phenoxy) is 2. The number of aliphatic hydroxyl groups excluding tert-OH is 4. The standard InChI is InChI=1S/C25H28N2O7S/c1-25(2)8-15-19(16(29)9-25)18(12-4-6-13(33-3)7-5-12)14(10-26)24(35)27(15)23-22(32)21(31)20(30)17(11-28)34-23/h4-7,17,20-23,28,30-32H,8-9,11H2,1-3H3/t17-,20+,21+,22+,23+/m0/s1. The molecule has 10 heteroatoms. The lowest BCUT2D eigenvalue weighted by Crippen LogP contribution is -2.57. The van der Waals surface area contributed by atoms with E-state index in [1.807, 2.05) is 13.8 Å². The molecule has 0 unspecified atom stereocenters. The van der Waals surface area contributed by atoms with Crippen LogP contribution in [0.15, 0.2) is 24.3 Å². The van der Waals surface area contributed by atoms with Gasteiger partial charge in [0.05, 0.1) is 19.3 Å². The monoisotopic (exact) mass is 500 g/mol. The van der Waals surface area contributed by atoms with Gasteiger partial charge in [-0.1, -0.05) is 38.2 Å². The van der Waals surface area contributed by atoms with Gasteiger partial charge in [0, 0.05) is 23.2 Å². The molecule has 4 N–H and O–H groups in total. The highest BCUT2D eigenvalue weighted by Gasteiger charge is 2.46. The molecule has 1 aromatic heterocycles. The number of benzene rings is 1. The van der Waals surface area contributed by atoms with E-state index in [0.717, 1.165) is 0 Å². The number of pyridine rings is 1. The summed E-state index contributed by atoms with van der Waals surface area (Å²) in [7, 11) is 1.54. The van der Waals surface area contributed by atoms with Crippen LogP contribution in [0.1, 0.15) is 48.1 Å². The number of methoxy groups -OCH3 is 1. The van der Waals surface area contributed by atoms with Crippen molar-refractivity contribution in [1.82, 2.24) is 4.57 Å². The van der Waals surface area contributed by atoms with Crippen molar-refractivity contribution in [3.8, 4) is 22.9 Å². The van der Waals surface area contributed by atoms with Crippen LogP contribution in [0.5, 0.6) is 5.75 Å². The van der Waals surface area contributed by atoms with Crippen LogP contribution in [0, 0.1) is 21.4 Å². The number of hydrogen-bond donors (Lipinski definition) is 4. The SMILES string of the molecule is COc1ccc(-c2c3c(n([C@@H]4O[C@@H](CO)[C@@H](O)[C@@H](O)[C@H]4O)c(=S)c2C#N)CC(C)(C)CC3=O)cc1. The first-order valence-electron chi connectivity index (χ1n) is 11.2. The highest BCUT2D eigenvalue weighted by Crippen LogP contribution is 2.43. The van der Waals surface area contributed by atoms with Crippen molar-refractivity contribution in [3.63, 3.8) is 0 Å². The van der Waals surface area contributed by atoms with Gasteiger partial charge in [-0.3, -0.25) is 4.79 Å². The van der Waals surface area contributed by atoms with E-state index in [9.17, 15) is 30.5 Å². The van der Waals surface area contributed by atoms with Crippen molar-refractivity contribution in [2.45, 2.75) is 57.3 Å². The number of carbonyl (C=O) groups excluding carboxylic acids is 1. The normalized spacial score (nSPS) is 27.7. The molecule has 35 heavy (non-hydrogen) atoms. The van der Waals surface area contributed by atoms with Crippen molar-refractivity contribution >= 4 is 18.0 Å². The first-order valence-corrected chi connectivity index (χ1v) is 11.6. The molecular weight excluding hydrogens is 472 g/mol. The van der Waals surface area contributed by atoms with Gasteiger partial charge in [-0.25, -0.2) is 0 Å². The largest absolute Gasteiger partial charge is 0.497 e. The number of rotatable bonds is 4. The lowest BCUT2D eigenvalue weighted by Gasteiger charge is -2.43. The van der Waals surface area contributed by atoms with Crippen LogP contribution in [-0.4, -0.2) is 68.9 Å². The summed E-state index contributed by atoms with van der Waals surface area (Å²) in [5.74, 6) is 0.423. The minimum absolute atomic E-state index is 0.0203. The Morgan fingerprint density at radius 2 is 1.80 bits per heavy atom. The van der Waals surface area contributed by atoms with Gasteiger partial charge in [0.1, 0.15) is 40.9 Å². The number of Topliss-reactive ketones (excluding diaryl/α,β-unsaturated/α-hetero) is 1. The molecule has 2 aliphatic rings. The third kappa shape index (κ3) is 4.29. The molecular formula is C25H28N2O7S. The maximum Gasteiger partial charge on any atom is 0.165 e. The van der Waals surface area contributed by atoms with E-state index in [2.05, 4.69) is 6.07 Å². The Balaban J connectivity index is 2.04. The van der Waals surface area contributed by atoms with Crippen molar-refractivity contribution < 1.29 is 34.7 Å². The summed E-state index contributed by atoms with van der Waals surface area (Å²) in [5, 5.41) is 51.3. The summed E-state index contributed by atoms with van der Waals surface area (Å²) < 4.78 is 12.4. The van der Waals surface area contributed by atoms with Crippen molar-refractivity contribution in [2.75, 3.05) is 13.7 Å². The number of carbonyl (C=O) groups is 1. The molecule has 0 amide bonds. The van der Waals surface area contributed by atoms with Crippen LogP contribution < -0.4 is 4.74 Å². The maximum absolute atomic E-state index is 13.5. The Morgan fingerprint density at radius 1 is 1.14 bits per heavy atom. The Hall–Kier alpha value is -2.65. The van der Waals surface area contributed by atoms with Gasteiger partial charge in [0.25, 0.3) is 0 Å². The van der Waals surface area contributed by atoms with Crippen molar-refractivity contribution in [2.24, 2.45) is 5.41 Å². The molecule has 1 saturated heterocycles. The molecule has 0 spiro atoms. The molecule has 1 aliphatic heterocycles. The number of aromatic nitrogens is 1. The second-order valence-corrected chi connectivity index (χ2v) is 10.1. The minimum Gasteiger partial charge on any atom is -0.497 e. The fraction of sp³-hybridized carbons (Fsp3) is 0.480. The van der Waals surface area contributed by atoms with Crippen LogP contribution in [0.2, 0.25) is 0 Å². The first-order chi connectivity index (χ1) is 16.5. The number of nitriles is 1. The van der Waals surface area contributed by atoms with E-state index in [1.54, 1.807) is 24.3 Å². The first kappa shape index (κ1) is 25.4. The Bertz CT molecular complexity index is 1250. The van der Waals surface area contributed by atoms with E-state index in [-0.39, 0.29) is 22.4 Å². The second kappa shape index (κ2) is 9.43. The lowest BCUT2D eigenvalue weighted by molar-refractivity contribution is -0.252. The summed E-state index contributed by atoms with van der Waals surface area (Å²) in [6.07, 6.45) is -6.70. The summed E-state index contributed by atoms with van der Waals surface area (Å²) in [6.45, 7) is 3.25. The molecule has 0 bridgehead atoms. The Labute approximate surface area is 207 Å². The second-order valence-electron chi connectivity index (χ2n) is 9.75. The average molecular weight is 501 g/mol. The molecule has 9 nitrogen and oxygen atoms in total. The minimum atomic E-state index is -1.64. The van der Waals surface area contributed by atoms with Crippen molar-refractivity contribution in [1.29, 1.82) is 5.26 Å². The van der Waals surface area contributed by atoms with E-state index in [4.69, 9.17) is 21.7 Å². The number of hydrogen-bond acceptors (Lipinski definition) is 9. The Morgan fingerprint density at radius 3 is 2.37 bits per heavy atom. The zero-order chi connectivity index (χ0) is 25.7. The van der Waals surface area contributed by atoms with Crippen LogP contribution in [0.25, 0.3) is 11.1 Å². The molecule has 4 rings (SSSR count). The summed E-state index contributed by atoms with van der Waals surface area (Å²) in [6, 6.07) is 9.05. The third-order valence-corrected chi connectivity index (χ3v) is 7.09. The fourth-order valence-electron chi connectivity index (χ4n) is 4.97. The summed E-state index contributed by atoms with van der Waals surface area (Å²) in [4.78, 5) is 13.5. The number of ketones is 1. The average Bonchev–Trinajstić information content (AvgIpc) is 2.82. The number of fused-ring (bicyclic) bond motifs is 1. The smallest absolute Gasteiger partial charge is 0.165 e. The van der Waals surface area contributed by atoms with Gasteiger partial charge < -0.3 is 34.5 Å². The van der Waals surface area contributed by atoms with Gasteiger partial charge in [-0.15, -0.1) is 0 Å². The quantitative estimate of drug-likeness (QED) is 0.462. The van der Waals surface area contributed by atoms with Crippen LogP contribution in [-0.2, 0) is 11.2 Å². The summed E-state index contributed by atoms with van der Waals surface area (Å²) >= 11 is 5.71. The topological polar surface area (TPSA) is 145 Å². The molecule has 2 heterocycles. The van der Waals surface area contributed by atoms with Gasteiger partial charge in [0.2, 0.25) is 0 Å². The van der Waals surface area contributed by atoms with E-state index >= 15 is 0 Å². The van der Waals surface area contributed by atoms with Crippen LogP contribution in [0.3, 0.4) is 0 Å². The lowest BCUT2D eigenvalue weighted by atomic mass is 9.73. The molecule has 0 radical (unpaired) electrons.